The Morgan fingerprint density at radius 1 is 1.22 bits per heavy atom. The van der Waals surface area contributed by atoms with E-state index in [-0.39, 0.29) is 35.4 Å². The Hall–Kier alpha value is -3.55. The number of para-hydroxylation sites is 1. The molecule has 1 aromatic heterocycles. The Labute approximate surface area is 186 Å². The first-order valence-corrected chi connectivity index (χ1v) is 10.7. The summed E-state index contributed by atoms with van der Waals surface area (Å²) in [6.45, 7) is 9.53. The first-order valence-electron chi connectivity index (χ1n) is 10.7. The summed E-state index contributed by atoms with van der Waals surface area (Å²) in [4.78, 5) is 42.9. The van der Waals surface area contributed by atoms with Crippen molar-refractivity contribution < 1.29 is 19.1 Å². The van der Waals surface area contributed by atoms with Crippen molar-refractivity contribution in [2.75, 3.05) is 11.5 Å². The van der Waals surface area contributed by atoms with Gasteiger partial charge in [0.05, 0.1) is 12.2 Å². The highest BCUT2D eigenvalue weighted by Crippen LogP contribution is 2.55. The van der Waals surface area contributed by atoms with Gasteiger partial charge < -0.3 is 24.7 Å². The molecule has 0 saturated carbocycles. The number of rotatable bonds is 4. The fraction of sp³-hybridized carbons (Fsp3) is 0.375. The number of amides is 1. The number of ether oxygens (including phenoxy) is 2. The average Bonchev–Trinajstić information content (AvgIpc) is 2.97. The summed E-state index contributed by atoms with van der Waals surface area (Å²) in [7, 11) is 0. The van der Waals surface area contributed by atoms with Crippen LogP contribution < -0.4 is 20.9 Å². The van der Waals surface area contributed by atoms with Crippen LogP contribution >= 0.6 is 0 Å². The van der Waals surface area contributed by atoms with Crippen LogP contribution in [0.2, 0.25) is 0 Å². The lowest BCUT2D eigenvalue weighted by molar-refractivity contribution is -0.141. The Morgan fingerprint density at radius 2 is 1.91 bits per heavy atom. The number of aryl methyl sites for hydroxylation is 1. The number of fused-ring (bicyclic) bond motifs is 4. The molecular weight excluding hydrogens is 410 g/mol. The van der Waals surface area contributed by atoms with E-state index >= 15 is 0 Å². The van der Waals surface area contributed by atoms with E-state index in [2.05, 4.69) is 0 Å². The van der Waals surface area contributed by atoms with Gasteiger partial charge in [-0.15, -0.1) is 0 Å². The summed E-state index contributed by atoms with van der Waals surface area (Å²) < 4.78 is 12.6. The molecule has 2 aliphatic rings. The predicted octanol–water partition coefficient (Wildman–Crippen LogP) is 2.34. The topological polar surface area (TPSA) is 104 Å². The van der Waals surface area contributed by atoms with E-state index in [0.29, 0.717) is 23.5 Å². The van der Waals surface area contributed by atoms with Crippen LogP contribution in [0.1, 0.15) is 44.5 Å². The number of nitrogens with two attached hydrogens (primary N) is 1. The van der Waals surface area contributed by atoms with Crippen LogP contribution in [0.3, 0.4) is 0 Å². The number of carbonyl (C=O) groups excluding carboxylic acids is 2. The average molecular weight is 437 g/mol. The quantitative estimate of drug-likeness (QED) is 0.737. The lowest BCUT2D eigenvalue weighted by Gasteiger charge is -2.36. The van der Waals surface area contributed by atoms with Crippen molar-refractivity contribution in [3.05, 3.63) is 69.0 Å². The van der Waals surface area contributed by atoms with E-state index in [9.17, 15) is 14.4 Å². The molecule has 0 saturated heterocycles. The molecule has 1 aromatic carbocycles. The number of hydrogen-bond acceptors (Lipinski definition) is 6. The first kappa shape index (κ1) is 21.7. The van der Waals surface area contributed by atoms with E-state index in [4.69, 9.17) is 15.2 Å². The molecule has 0 radical (unpaired) electrons. The van der Waals surface area contributed by atoms with Gasteiger partial charge in [0.15, 0.2) is 0 Å². The minimum atomic E-state index is -1.76. The second-order valence-electron chi connectivity index (χ2n) is 8.17. The Balaban J connectivity index is 2.21. The van der Waals surface area contributed by atoms with E-state index in [1.807, 2.05) is 32.9 Å². The van der Waals surface area contributed by atoms with Gasteiger partial charge in [0.2, 0.25) is 11.8 Å². The minimum Gasteiger partial charge on any atom is -0.462 e. The van der Waals surface area contributed by atoms with Gasteiger partial charge in [-0.25, -0.2) is 4.79 Å². The third kappa shape index (κ3) is 2.65. The molecule has 8 nitrogen and oxygen atoms in total. The van der Waals surface area contributed by atoms with Gasteiger partial charge in [-0.3, -0.25) is 9.59 Å². The molecule has 0 fully saturated rings. The zero-order valence-corrected chi connectivity index (χ0v) is 18.9. The first-order chi connectivity index (χ1) is 15.2. The highest BCUT2D eigenvalue weighted by molar-refractivity contribution is 6.18. The molecule has 1 amide bonds. The van der Waals surface area contributed by atoms with Crippen molar-refractivity contribution in [2.45, 2.75) is 52.6 Å². The smallest absolute Gasteiger partial charge is 0.341 e. The molecule has 2 aliphatic heterocycles. The van der Waals surface area contributed by atoms with Crippen LogP contribution in [0.4, 0.5) is 5.69 Å². The molecule has 1 spiro atoms. The molecule has 0 bridgehead atoms. The maximum absolute atomic E-state index is 14.3. The van der Waals surface area contributed by atoms with Crippen LogP contribution in [0.15, 0.2) is 46.6 Å². The van der Waals surface area contributed by atoms with Gasteiger partial charge >= 0.3 is 5.97 Å². The molecular formula is C24H27N3O5. The Kier molecular flexibility index (Phi) is 5.11. The molecule has 2 aromatic rings. The van der Waals surface area contributed by atoms with E-state index < -0.39 is 22.9 Å². The van der Waals surface area contributed by atoms with Crippen molar-refractivity contribution in [1.82, 2.24) is 4.57 Å². The van der Waals surface area contributed by atoms with Crippen LogP contribution in [-0.4, -0.2) is 29.1 Å². The maximum atomic E-state index is 14.3. The normalized spacial score (nSPS) is 19.3. The number of aromatic nitrogens is 1. The standard InChI is InChI=1S/C24H27N3O5/c1-6-26-14(5)12-17-18(21(26)28)24(19(20(25)32-17)22(29)31-7-2)15-10-8-9-11-16(15)27(13(3)4)23(24)30/h8-13H,6-7,25H2,1-5H3. The summed E-state index contributed by atoms with van der Waals surface area (Å²) in [6, 6.07) is 8.62. The molecule has 0 aliphatic carbocycles. The van der Waals surface area contributed by atoms with Crippen LogP contribution in [-0.2, 0) is 26.3 Å². The fourth-order valence-electron chi connectivity index (χ4n) is 4.90. The number of carbonyl (C=O) groups is 2. The number of pyridine rings is 1. The van der Waals surface area contributed by atoms with Gasteiger partial charge in [0.25, 0.3) is 5.56 Å². The fourth-order valence-corrected chi connectivity index (χ4v) is 4.90. The maximum Gasteiger partial charge on any atom is 0.341 e. The minimum absolute atomic E-state index is 0.0787. The second-order valence-corrected chi connectivity index (χ2v) is 8.17. The molecule has 32 heavy (non-hydrogen) atoms. The van der Waals surface area contributed by atoms with Gasteiger partial charge in [-0.05, 0) is 40.7 Å². The predicted molar refractivity (Wildman–Crippen MR) is 119 cm³/mol. The molecule has 1 atom stereocenters. The Bertz CT molecular complexity index is 1230. The molecule has 168 valence electrons. The molecule has 4 rings (SSSR count). The van der Waals surface area contributed by atoms with Crippen LogP contribution in [0, 0.1) is 6.92 Å². The molecule has 1 unspecified atom stereocenters. The molecule has 2 N–H and O–H groups in total. The highest BCUT2D eigenvalue weighted by Gasteiger charge is 2.62. The summed E-state index contributed by atoms with van der Waals surface area (Å²) in [6.07, 6.45) is 0. The van der Waals surface area contributed by atoms with Gasteiger partial charge in [-0.1, -0.05) is 18.2 Å². The number of hydrogen-bond donors (Lipinski definition) is 1. The summed E-state index contributed by atoms with van der Waals surface area (Å²) in [5, 5.41) is 0. The van der Waals surface area contributed by atoms with Gasteiger partial charge in [0, 0.05) is 35.6 Å². The van der Waals surface area contributed by atoms with Gasteiger partial charge in [-0.2, -0.15) is 0 Å². The van der Waals surface area contributed by atoms with E-state index in [0.717, 1.165) is 0 Å². The third-order valence-corrected chi connectivity index (χ3v) is 6.11. The number of nitrogens with zero attached hydrogens (tertiary/aromatic N) is 2. The van der Waals surface area contributed by atoms with Crippen molar-refractivity contribution in [2.24, 2.45) is 5.73 Å². The van der Waals surface area contributed by atoms with Crippen molar-refractivity contribution in [3.8, 4) is 5.75 Å². The summed E-state index contributed by atoms with van der Waals surface area (Å²) >= 11 is 0. The second kappa shape index (κ2) is 7.55. The van der Waals surface area contributed by atoms with Crippen molar-refractivity contribution in [1.29, 1.82) is 0 Å². The van der Waals surface area contributed by atoms with Crippen LogP contribution in [0.5, 0.6) is 5.75 Å². The number of anilines is 1. The summed E-state index contributed by atoms with van der Waals surface area (Å²) in [5.74, 6) is -1.27. The van der Waals surface area contributed by atoms with Crippen LogP contribution in [0.25, 0.3) is 0 Å². The highest BCUT2D eigenvalue weighted by atomic mass is 16.5. The number of esters is 1. The Morgan fingerprint density at radius 3 is 2.53 bits per heavy atom. The third-order valence-electron chi connectivity index (χ3n) is 6.11. The SMILES string of the molecule is CCOC(=O)C1=C(N)Oc2cc(C)n(CC)c(=O)c2C12C(=O)N(C(C)C)c1ccccc12. The molecule has 3 heterocycles. The lowest BCUT2D eigenvalue weighted by Crippen LogP contribution is -2.53. The van der Waals surface area contributed by atoms with E-state index in [1.54, 1.807) is 41.5 Å². The van der Waals surface area contributed by atoms with Crippen molar-refractivity contribution >= 4 is 17.6 Å². The van der Waals surface area contributed by atoms with E-state index in [1.165, 1.54) is 0 Å². The zero-order valence-electron chi connectivity index (χ0n) is 18.9. The monoisotopic (exact) mass is 437 g/mol. The van der Waals surface area contributed by atoms with Gasteiger partial charge in [0.1, 0.15) is 16.7 Å². The number of benzene rings is 1. The summed E-state index contributed by atoms with van der Waals surface area (Å²) in [5.41, 5.74) is 5.84. The van der Waals surface area contributed by atoms with Crippen molar-refractivity contribution in [3.63, 3.8) is 0 Å². The lowest BCUT2D eigenvalue weighted by atomic mass is 9.68. The zero-order chi connectivity index (χ0) is 23.4. The molecule has 8 heteroatoms. The largest absolute Gasteiger partial charge is 0.462 e.